The third-order valence-corrected chi connectivity index (χ3v) is 7.66. The summed E-state index contributed by atoms with van der Waals surface area (Å²) in [4.78, 5) is 24.8. The number of carbonyl (C=O) groups is 2. The minimum Gasteiger partial charge on any atom is -0.493 e. The van der Waals surface area contributed by atoms with E-state index in [1.807, 2.05) is 109 Å². The Balaban J connectivity index is 1.14. The summed E-state index contributed by atoms with van der Waals surface area (Å²) in [7, 11) is 0. The molecule has 0 fully saturated rings. The van der Waals surface area contributed by atoms with Gasteiger partial charge >= 0.3 is 11.9 Å². The molecule has 0 aliphatic rings. The van der Waals surface area contributed by atoms with Crippen molar-refractivity contribution in [2.45, 2.75) is 39.3 Å². The monoisotopic (exact) mass is 698 g/mol. The summed E-state index contributed by atoms with van der Waals surface area (Å²) in [5.41, 5.74) is 4.59. The van der Waals surface area contributed by atoms with Crippen molar-refractivity contribution in [2.75, 3.05) is 13.2 Å². The van der Waals surface area contributed by atoms with E-state index in [4.69, 9.17) is 28.4 Å². The van der Waals surface area contributed by atoms with Crippen molar-refractivity contribution in [1.29, 1.82) is 0 Å². The zero-order chi connectivity index (χ0) is 36.7. The predicted octanol–water partition coefficient (Wildman–Crippen LogP) is 9.61. The van der Waals surface area contributed by atoms with Crippen molar-refractivity contribution >= 4 is 11.9 Å². The predicted molar refractivity (Wildman–Crippen MR) is 201 cm³/mol. The topological polar surface area (TPSA) is 89.5 Å². The molecule has 8 nitrogen and oxygen atoms in total. The highest BCUT2D eigenvalue weighted by molar-refractivity contribution is 5.87. The molecule has 5 aromatic rings. The van der Waals surface area contributed by atoms with Crippen molar-refractivity contribution in [3.63, 3.8) is 0 Å². The minimum atomic E-state index is -0.896. The first-order valence-electron chi connectivity index (χ1n) is 17.0. The van der Waals surface area contributed by atoms with Crippen LogP contribution in [0, 0.1) is 0 Å². The highest BCUT2D eigenvalue weighted by Gasteiger charge is 2.19. The van der Waals surface area contributed by atoms with E-state index in [0.29, 0.717) is 23.0 Å². The van der Waals surface area contributed by atoms with E-state index in [1.54, 1.807) is 38.1 Å². The summed E-state index contributed by atoms with van der Waals surface area (Å²) in [6.07, 6.45) is -1.25. The molecule has 0 aliphatic carbocycles. The third-order valence-electron chi connectivity index (χ3n) is 7.66. The molecule has 0 spiro atoms. The number of hydrogen-bond acceptors (Lipinski definition) is 8. The van der Waals surface area contributed by atoms with E-state index in [0.717, 1.165) is 22.3 Å². The molecular formula is C44H42O8. The average Bonchev–Trinajstić information content (AvgIpc) is 3.16. The lowest BCUT2D eigenvalue weighted by Crippen LogP contribution is -2.27. The Bertz CT molecular complexity index is 1790. The molecule has 0 N–H and O–H groups in total. The van der Waals surface area contributed by atoms with Crippen LogP contribution in [0.1, 0.15) is 26.7 Å². The van der Waals surface area contributed by atoms with Gasteiger partial charge in [-0.25, -0.2) is 9.59 Å². The zero-order valence-electron chi connectivity index (χ0n) is 29.4. The summed E-state index contributed by atoms with van der Waals surface area (Å²) in [5.74, 6) is 1.22. The molecule has 0 bridgehead atoms. The van der Waals surface area contributed by atoms with Crippen LogP contribution in [0.3, 0.4) is 0 Å². The highest BCUT2D eigenvalue weighted by atomic mass is 16.7. The van der Waals surface area contributed by atoms with E-state index in [2.05, 4.69) is 13.2 Å². The molecule has 5 rings (SSSR count). The molecule has 52 heavy (non-hydrogen) atoms. The summed E-state index contributed by atoms with van der Waals surface area (Å²) in [6.45, 7) is 11.0. The first-order chi connectivity index (χ1) is 25.2. The molecule has 0 amide bonds. The minimum absolute atomic E-state index is 0.214. The molecule has 266 valence electrons. The van der Waals surface area contributed by atoms with Gasteiger partial charge in [0.15, 0.2) is 0 Å². The molecular weight excluding hydrogens is 656 g/mol. The van der Waals surface area contributed by atoms with Gasteiger partial charge in [0, 0.05) is 11.1 Å². The number of ether oxygens (including phenoxy) is 6. The van der Waals surface area contributed by atoms with Crippen LogP contribution in [-0.4, -0.2) is 37.7 Å². The second kappa shape index (κ2) is 18.6. The van der Waals surface area contributed by atoms with Gasteiger partial charge in [-0.05, 0) is 84.6 Å². The molecule has 0 aliphatic heterocycles. The molecule has 8 heteroatoms. The number of esters is 2. The Morgan fingerprint density at radius 1 is 0.481 bits per heavy atom. The summed E-state index contributed by atoms with van der Waals surface area (Å²) in [6, 6.07) is 42.2. The van der Waals surface area contributed by atoms with E-state index in [-0.39, 0.29) is 37.2 Å². The highest BCUT2D eigenvalue weighted by Crippen LogP contribution is 2.27. The Morgan fingerprint density at radius 2 is 0.846 bits per heavy atom. The fourth-order valence-electron chi connectivity index (χ4n) is 4.96. The number of rotatable bonds is 18. The maximum Gasteiger partial charge on any atom is 0.336 e. The van der Waals surface area contributed by atoms with Gasteiger partial charge in [-0.1, -0.05) is 98.1 Å². The van der Waals surface area contributed by atoms with E-state index < -0.39 is 24.5 Å². The van der Waals surface area contributed by atoms with E-state index in [9.17, 15) is 9.59 Å². The van der Waals surface area contributed by atoms with Crippen molar-refractivity contribution < 1.29 is 38.0 Å². The van der Waals surface area contributed by atoms with Crippen molar-refractivity contribution in [3.05, 3.63) is 158 Å². The van der Waals surface area contributed by atoms with Crippen molar-refractivity contribution in [3.8, 4) is 45.3 Å². The maximum atomic E-state index is 12.4. The molecule has 0 radical (unpaired) electrons. The standard InChI is InChI=1S/C44H42O8/c1-31(2)43(45)51-41(49-39-19-11-17-35(29-39)33-13-7-5-8-14-33)25-27-47-37-21-23-38(24-22-37)48-28-26-42(52-44(46)32(3)4)50-40-20-12-18-36(30-40)34-15-9-6-10-16-34/h5-24,29-30,41-42H,1,3,25-28H2,2,4H3. The van der Waals surface area contributed by atoms with Crippen LogP contribution < -0.4 is 18.9 Å². The van der Waals surface area contributed by atoms with Gasteiger partial charge in [0.1, 0.15) is 23.0 Å². The Hall–Kier alpha value is -6.28. The van der Waals surface area contributed by atoms with Crippen LogP contribution in [0.4, 0.5) is 0 Å². The third kappa shape index (κ3) is 11.4. The van der Waals surface area contributed by atoms with Crippen LogP contribution in [0.25, 0.3) is 22.3 Å². The maximum absolute atomic E-state index is 12.4. The molecule has 0 saturated carbocycles. The Labute approximate surface area is 304 Å². The van der Waals surface area contributed by atoms with Gasteiger partial charge in [0.2, 0.25) is 12.6 Å². The van der Waals surface area contributed by atoms with Gasteiger partial charge in [0.25, 0.3) is 0 Å². The molecule has 0 saturated heterocycles. The molecule has 2 unspecified atom stereocenters. The Morgan fingerprint density at radius 3 is 1.21 bits per heavy atom. The van der Waals surface area contributed by atoms with Gasteiger partial charge in [-0.2, -0.15) is 0 Å². The first-order valence-corrected chi connectivity index (χ1v) is 17.0. The quantitative estimate of drug-likeness (QED) is 0.0508. The number of benzene rings is 5. The molecule has 2 atom stereocenters. The van der Waals surface area contributed by atoms with Gasteiger partial charge in [0.05, 0.1) is 26.1 Å². The molecule has 5 aromatic carbocycles. The Kier molecular flexibility index (Phi) is 13.3. The van der Waals surface area contributed by atoms with Crippen LogP contribution in [0.2, 0.25) is 0 Å². The van der Waals surface area contributed by atoms with Crippen LogP contribution in [0.15, 0.2) is 158 Å². The molecule has 0 aromatic heterocycles. The second-order valence-electron chi connectivity index (χ2n) is 12.0. The lowest BCUT2D eigenvalue weighted by atomic mass is 10.1. The molecule has 0 heterocycles. The smallest absolute Gasteiger partial charge is 0.336 e. The summed E-state index contributed by atoms with van der Waals surface area (Å²) >= 11 is 0. The van der Waals surface area contributed by atoms with Crippen molar-refractivity contribution in [1.82, 2.24) is 0 Å². The van der Waals surface area contributed by atoms with Crippen LogP contribution >= 0.6 is 0 Å². The zero-order valence-corrected chi connectivity index (χ0v) is 29.4. The first kappa shape index (κ1) is 37.0. The fraction of sp³-hybridized carbons (Fsp3) is 0.182. The van der Waals surface area contributed by atoms with Crippen molar-refractivity contribution in [2.24, 2.45) is 0 Å². The summed E-state index contributed by atoms with van der Waals surface area (Å²) < 4.78 is 35.2. The van der Waals surface area contributed by atoms with Crippen LogP contribution in [-0.2, 0) is 19.1 Å². The van der Waals surface area contributed by atoms with Gasteiger partial charge < -0.3 is 28.4 Å². The fourth-order valence-corrected chi connectivity index (χ4v) is 4.96. The lowest BCUT2D eigenvalue weighted by molar-refractivity contribution is -0.161. The average molecular weight is 699 g/mol. The van der Waals surface area contributed by atoms with Crippen LogP contribution in [0.5, 0.6) is 23.0 Å². The lowest BCUT2D eigenvalue weighted by Gasteiger charge is -2.20. The van der Waals surface area contributed by atoms with E-state index >= 15 is 0 Å². The van der Waals surface area contributed by atoms with Gasteiger partial charge in [-0.3, -0.25) is 0 Å². The van der Waals surface area contributed by atoms with E-state index in [1.165, 1.54) is 0 Å². The number of hydrogen-bond donors (Lipinski definition) is 0. The van der Waals surface area contributed by atoms with Gasteiger partial charge in [-0.15, -0.1) is 0 Å². The SMILES string of the molecule is C=C(C)C(=O)OC(CCOc1ccc(OCCC(OC(=O)C(=C)C)Oc2cccc(-c3ccccc3)c2)cc1)Oc1cccc(-c2ccccc2)c1. The summed E-state index contributed by atoms with van der Waals surface area (Å²) in [5, 5.41) is 0. The number of carbonyl (C=O) groups excluding carboxylic acids is 2. The largest absolute Gasteiger partial charge is 0.493 e. The normalized spacial score (nSPS) is 11.7. The second-order valence-corrected chi connectivity index (χ2v) is 12.0.